The molecule has 1 aliphatic heterocycles. The second-order valence-corrected chi connectivity index (χ2v) is 6.67. The van der Waals surface area contributed by atoms with Crippen LogP contribution in [0.4, 0.5) is 5.69 Å². The van der Waals surface area contributed by atoms with Gasteiger partial charge in [0.1, 0.15) is 12.3 Å². The van der Waals surface area contributed by atoms with Gasteiger partial charge < -0.3 is 10.1 Å². The molecule has 1 atom stereocenters. The van der Waals surface area contributed by atoms with Gasteiger partial charge in [0.25, 0.3) is 5.91 Å². The Morgan fingerprint density at radius 2 is 1.96 bits per heavy atom. The maximum Gasteiger partial charge on any atom is 0.268 e. The Hall–Kier alpha value is -3.22. The smallest absolute Gasteiger partial charge is 0.268 e. The van der Waals surface area contributed by atoms with Crippen LogP contribution in [0.3, 0.4) is 0 Å². The minimum atomic E-state index is -0.697. The van der Waals surface area contributed by atoms with Crippen LogP contribution in [0.2, 0.25) is 0 Å². The Morgan fingerprint density at radius 1 is 1.21 bits per heavy atom. The highest BCUT2D eigenvalue weighted by Crippen LogP contribution is 2.35. The summed E-state index contributed by atoms with van der Waals surface area (Å²) < 4.78 is 5.64. The third-order valence-corrected chi connectivity index (χ3v) is 4.51. The molecule has 28 heavy (non-hydrogen) atoms. The van der Waals surface area contributed by atoms with Crippen LogP contribution in [0.1, 0.15) is 42.6 Å². The molecule has 0 saturated carbocycles. The van der Waals surface area contributed by atoms with Crippen molar-refractivity contribution in [2.75, 3.05) is 11.4 Å². The quantitative estimate of drug-likeness (QED) is 0.745. The van der Waals surface area contributed by atoms with Gasteiger partial charge in [-0.25, -0.2) is 0 Å². The highest BCUT2D eigenvalue weighted by atomic mass is 16.5. The second kappa shape index (κ2) is 8.65. The van der Waals surface area contributed by atoms with Gasteiger partial charge >= 0.3 is 0 Å². The number of nitrogens with zero attached hydrogens (tertiary/aromatic N) is 2. The summed E-state index contributed by atoms with van der Waals surface area (Å²) in [6, 6.07) is 8.63. The van der Waals surface area contributed by atoms with E-state index in [0.29, 0.717) is 30.0 Å². The number of benzene rings is 1. The second-order valence-electron chi connectivity index (χ2n) is 6.67. The number of anilines is 1. The van der Waals surface area contributed by atoms with E-state index in [2.05, 4.69) is 10.3 Å². The number of rotatable bonds is 7. The Bertz CT molecular complexity index is 882. The largest absolute Gasteiger partial charge is 0.479 e. The van der Waals surface area contributed by atoms with Gasteiger partial charge in [0.15, 0.2) is 11.9 Å². The van der Waals surface area contributed by atoms with Crippen molar-refractivity contribution in [1.82, 2.24) is 10.3 Å². The Balaban J connectivity index is 1.78. The number of hydrogen-bond acceptors (Lipinski definition) is 5. The van der Waals surface area contributed by atoms with Crippen molar-refractivity contribution in [2.45, 2.75) is 39.3 Å². The van der Waals surface area contributed by atoms with Crippen molar-refractivity contribution in [1.29, 1.82) is 0 Å². The highest BCUT2D eigenvalue weighted by Gasteiger charge is 2.33. The fourth-order valence-electron chi connectivity index (χ4n) is 3.02. The van der Waals surface area contributed by atoms with Crippen LogP contribution >= 0.6 is 0 Å². The number of ether oxygens (including phenoxy) is 1. The molecule has 0 radical (unpaired) electrons. The van der Waals surface area contributed by atoms with Crippen molar-refractivity contribution in [2.24, 2.45) is 0 Å². The first-order chi connectivity index (χ1) is 13.5. The van der Waals surface area contributed by atoms with E-state index in [1.807, 2.05) is 19.1 Å². The van der Waals surface area contributed by atoms with Crippen LogP contribution in [0, 0.1) is 0 Å². The van der Waals surface area contributed by atoms with Crippen molar-refractivity contribution in [3.63, 3.8) is 0 Å². The van der Waals surface area contributed by atoms with E-state index in [9.17, 15) is 14.4 Å². The van der Waals surface area contributed by atoms with E-state index >= 15 is 0 Å². The number of ketones is 1. The molecular formula is C21H23N3O4. The molecular weight excluding hydrogens is 358 g/mol. The Kier molecular flexibility index (Phi) is 6.03. The van der Waals surface area contributed by atoms with Gasteiger partial charge in [-0.15, -0.1) is 0 Å². The number of Topliss-reactive ketones (excluding diaryl/α,β-unsaturated/α-hetero) is 1. The molecule has 0 spiro atoms. The van der Waals surface area contributed by atoms with E-state index in [0.717, 1.165) is 12.0 Å². The molecule has 0 aliphatic carbocycles. The van der Waals surface area contributed by atoms with Crippen LogP contribution in [-0.4, -0.2) is 35.2 Å². The lowest BCUT2D eigenvalue weighted by Gasteiger charge is -2.32. The fourth-order valence-corrected chi connectivity index (χ4v) is 3.02. The third kappa shape index (κ3) is 4.36. The monoisotopic (exact) mass is 381 g/mol. The van der Waals surface area contributed by atoms with Crippen LogP contribution in [-0.2, 0) is 16.1 Å². The number of carbonyl (C=O) groups excluding carboxylic acids is 3. The van der Waals surface area contributed by atoms with Gasteiger partial charge in [-0.1, -0.05) is 6.92 Å². The molecule has 2 heterocycles. The molecule has 1 aliphatic rings. The first kappa shape index (κ1) is 19.5. The van der Waals surface area contributed by atoms with Crippen molar-refractivity contribution < 1.29 is 19.1 Å². The predicted octanol–water partition coefficient (Wildman–Crippen LogP) is 2.49. The van der Waals surface area contributed by atoms with Gasteiger partial charge in [0, 0.05) is 30.9 Å². The first-order valence-corrected chi connectivity index (χ1v) is 9.30. The minimum Gasteiger partial charge on any atom is -0.479 e. The van der Waals surface area contributed by atoms with Crippen molar-refractivity contribution in [3.05, 3.63) is 53.9 Å². The molecule has 0 fully saturated rings. The average Bonchev–Trinajstić information content (AvgIpc) is 2.70. The molecule has 0 bridgehead atoms. The molecule has 7 heteroatoms. The van der Waals surface area contributed by atoms with Crippen molar-refractivity contribution >= 4 is 23.3 Å². The molecule has 3 rings (SSSR count). The summed E-state index contributed by atoms with van der Waals surface area (Å²) in [5.74, 6) is -0.123. The molecule has 1 N–H and O–H groups in total. The van der Waals surface area contributed by atoms with Gasteiger partial charge in [-0.2, -0.15) is 0 Å². The van der Waals surface area contributed by atoms with Gasteiger partial charge in [-0.05, 0) is 49.2 Å². The standard InChI is InChI=1S/C21H23N3O4/c1-3-4-18(25)16-5-6-19-17(11-16)24(21(27)14(2)28-19)13-20(26)23-12-15-7-9-22-10-8-15/h5-11,14H,3-4,12-13H2,1-2H3,(H,23,26). The number of carbonyl (C=O) groups is 3. The number of fused-ring (bicyclic) bond motifs is 1. The maximum atomic E-state index is 12.6. The minimum absolute atomic E-state index is 0.00143. The van der Waals surface area contributed by atoms with E-state index in [-0.39, 0.29) is 24.1 Å². The van der Waals surface area contributed by atoms with E-state index in [1.54, 1.807) is 37.5 Å². The zero-order chi connectivity index (χ0) is 20.1. The zero-order valence-corrected chi connectivity index (χ0v) is 16.0. The number of hydrogen-bond donors (Lipinski definition) is 1. The maximum absolute atomic E-state index is 12.6. The van der Waals surface area contributed by atoms with Crippen LogP contribution in [0.15, 0.2) is 42.7 Å². The van der Waals surface area contributed by atoms with Gasteiger partial charge in [0.2, 0.25) is 5.91 Å². The number of pyridine rings is 1. The van der Waals surface area contributed by atoms with Crippen LogP contribution in [0.5, 0.6) is 5.75 Å². The summed E-state index contributed by atoms with van der Waals surface area (Å²) in [5.41, 5.74) is 1.87. The molecule has 2 amide bonds. The molecule has 0 saturated heterocycles. The van der Waals surface area contributed by atoms with E-state index < -0.39 is 6.10 Å². The van der Waals surface area contributed by atoms with E-state index in [1.165, 1.54) is 4.90 Å². The summed E-state index contributed by atoms with van der Waals surface area (Å²) in [7, 11) is 0. The summed E-state index contributed by atoms with van der Waals surface area (Å²) in [4.78, 5) is 42.6. The molecule has 146 valence electrons. The normalized spacial score (nSPS) is 15.6. The van der Waals surface area contributed by atoms with Gasteiger partial charge in [0.05, 0.1) is 5.69 Å². The summed E-state index contributed by atoms with van der Waals surface area (Å²) in [6.45, 7) is 3.78. The number of aromatic nitrogens is 1. The molecule has 1 aromatic carbocycles. The fraction of sp³-hybridized carbons (Fsp3) is 0.333. The Labute approximate surface area is 163 Å². The lowest BCUT2D eigenvalue weighted by Crippen LogP contribution is -2.48. The molecule has 1 aromatic heterocycles. The van der Waals surface area contributed by atoms with E-state index in [4.69, 9.17) is 4.74 Å². The summed E-state index contributed by atoms with van der Waals surface area (Å²) in [5, 5.41) is 2.80. The summed E-state index contributed by atoms with van der Waals surface area (Å²) >= 11 is 0. The lowest BCUT2D eigenvalue weighted by atomic mass is 10.0. The molecule has 1 unspecified atom stereocenters. The molecule has 2 aromatic rings. The number of nitrogens with one attached hydrogen (secondary N) is 1. The van der Waals surface area contributed by atoms with Crippen LogP contribution < -0.4 is 15.0 Å². The first-order valence-electron chi connectivity index (χ1n) is 9.30. The predicted molar refractivity (Wildman–Crippen MR) is 104 cm³/mol. The summed E-state index contributed by atoms with van der Waals surface area (Å²) in [6.07, 6.45) is 3.78. The zero-order valence-electron chi connectivity index (χ0n) is 16.0. The number of amides is 2. The molecule has 7 nitrogen and oxygen atoms in total. The SMILES string of the molecule is CCCC(=O)c1ccc2c(c1)N(CC(=O)NCc1ccncc1)C(=O)C(C)O2. The third-order valence-electron chi connectivity index (χ3n) is 4.51. The lowest BCUT2D eigenvalue weighted by molar-refractivity contribution is -0.128. The average molecular weight is 381 g/mol. The van der Waals surface area contributed by atoms with Crippen LogP contribution in [0.25, 0.3) is 0 Å². The highest BCUT2D eigenvalue weighted by molar-refractivity contribution is 6.05. The van der Waals surface area contributed by atoms with Crippen molar-refractivity contribution in [3.8, 4) is 5.75 Å². The Morgan fingerprint density at radius 3 is 2.68 bits per heavy atom. The topological polar surface area (TPSA) is 88.6 Å². The van der Waals surface area contributed by atoms with Gasteiger partial charge in [-0.3, -0.25) is 24.3 Å².